The van der Waals surface area contributed by atoms with Gasteiger partial charge >= 0.3 is 5.97 Å². The minimum Gasteiger partial charge on any atom is -0.496 e. The molecule has 0 N–H and O–H groups in total. The quantitative estimate of drug-likeness (QED) is 0.512. The summed E-state index contributed by atoms with van der Waals surface area (Å²) in [7, 11) is -1.52. The summed E-state index contributed by atoms with van der Waals surface area (Å²) in [6, 6.07) is 14.5. The van der Waals surface area contributed by atoms with Gasteiger partial charge in [-0.3, -0.25) is 9.10 Å². The fraction of sp³-hybridized carbons (Fsp3) is 0.150. The molecule has 3 aromatic rings. The van der Waals surface area contributed by atoms with Crippen LogP contribution in [0.2, 0.25) is 10.0 Å². The second kappa shape index (κ2) is 8.49. The molecule has 0 saturated heterocycles. The zero-order chi connectivity index (χ0) is 21.2. The third-order valence-corrected chi connectivity index (χ3v) is 6.43. The zero-order valence-corrected chi connectivity index (χ0v) is 17.9. The number of anilines is 1. The Balaban J connectivity index is 2.22. The van der Waals surface area contributed by atoms with Crippen molar-refractivity contribution in [2.24, 2.45) is 0 Å². The summed E-state index contributed by atoms with van der Waals surface area (Å²) in [5.74, 6) is -0.263. The molecule has 0 aliphatic carbocycles. The normalized spacial score (nSPS) is 11.3. The molecule has 0 atom stereocenters. The van der Waals surface area contributed by atoms with Gasteiger partial charge in [0.25, 0.3) is 10.0 Å². The van der Waals surface area contributed by atoms with Crippen LogP contribution in [0, 0.1) is 0 Å². The number of hydrogen-bond acceptors (Lipinski definition) is 5. The number of methoxy groups -OCH3 is 2. The molecule has 0 aliphatic rings. The van der Waals surface area contributed by atoms with E-state index in [4.69, 9.17) is 32.7 Å². The van der Waals surface area contributed by atoms with Crippen LogP contribution in [0.4, 0.5) is 5.69 Å². The second-order valence-corrected chi connectivity index (χ2v) is 8.80. The topological polar surface area (TPSA) is 72.9 Å². The summed E-state index contributed by atoms with van der Waals surface area (Å²) >= 11 is 12.0. The van der Waals surface area contributed by atoms with Gasteiger partial charge in [0, 0.05) is 21.5 Å². The van der Waals surface area contributed by atoms with Crippen LogP contribution in [0.3, 0.4) is 0 Å². The largest absolute Gasteiger partial charge is 0.496 e. The van der Waals surface area contributed by atoms with E-state index in [0.717, 1.165) is 15.1 Å². The summed E-state index contributed by atoms with van der Waals surface area (Å²) in [4.78, 5) is 11.9. The molecule has 0 radical (unpaired) electrons. The monoisotopic (exact) mass is 453 g/mol. The lowest BCUT2D eigenvalue weighted by Crippen LogP contribution is -2.36. The standard InChI is InChI=1S/C20H17Cl2NO5S/c1-27-19-11-16(7-13-5-3-4-6-18(13)19)23(12-20(24)28-2)29(25,26)17-9-14(21)8-15(22)10-17/h3-11H,12H2,1-2H3. The molecule has 0 heterocycles. The van der Waals surface area contributed by atoms with Crippen LogP contribution in [0.1, 0.15) is 0 Å². The van der Waals surface area contributed by atoms with Crippen molar-refractivity contribution < 1.29 is 22.7 Å². The highest BCUT2D eigenvalue weighted by Gasteiger charge is 2.29. The van der Waals surface area contributed by atoms with Gasteiger partial charge in [-0.05, 0) is 29.7 Å². The Morgan fingerprint density at radius 2 is 1.66 bits per heavy atom. The lowest BCUT2D eigenvalue weighted by atomic mass is 10.1. The Hall–Kier alpha value is -2.48. The molecule has 29 heavy (non-hydrogen) atoms. The number of carbonyl (C=O) groups is 1. The van der Waals surface area contributed by atoms with Gasteiger partial charge in [0.05, 0.1) is 24.8 Å². The number of hydrogen-bond donors (Lipinski definition) is 0. The molecule has 0 aliphatic heterocycles. The van der Waals surface area contributed by atoms with Crippen LogP contribution in [0.5, 0.6) is 5.75 Å². The molecule has 9 heteroatoms. The van der Waals surface area contributed by atoms with Crippen LogP contribution in [-0.4, -0.2) is 35.2 Å². The molecular weight excluding hydrogens is 437 g/mol. The van der Waals surface area contributed by atoms with E-state index in [1.54, 1.807) is 12.1 Å². The molecule has 0 spiro atoms. The Morgan fingerprint density at radius 3 is 2.28 bits per heavy atom. The minimum atomic E-state index is -4.19. The number of rotatable bonds is 6. The number of benzene rings is 3. The van der Waals surface area contributed by atoms with Gasteiger partial charge in [-0.2, -0.15) is 0 Å². The van der Waals surface area contributed by atoms with E-state index < -0.39 is 22.5 Å². The maximum absolute atomic E-state index is 13.4. The third kappa shape index (κ3) is 4.42. The van der Waals surface area contributed by atoms with E-state index >= 15 is 0 Å². The number of carbonyl (C=O) groups excluding carboxylic acids is 1. The maximum Gasteiger partial charge on any atom is 0.326 e. The molecule has 0 saturated carbocycles. The molecular formula is C20H17Cl2NO5S. The Morgan fingerprint density at radius 1 is 1.00 bits per heavy atom. The van der Waals surface area contributed by atoms with Crippen LogP contribution < -0.4 is 9.04 Å². The molecule has 3 rings (SSSR count). The van der Waals surface area contributed by atoms with Gasteiger partial charge in [0.2, 0.25) is 0 Å². The molecule has 0 unspecified atom stereocenters. The number of halogens is 2. The average Bonchev–Trinajstić information content (AvgIpc) is 2.70. The third-order valence-electron chi connectivity index (χ3n) is 4.24. The Kier molecular flexibility index (Phi) is 6.21. The molecule has 152 valence electrons. The first kappa shape index (κ1) is 21.2. The molecule has 0 fully saturated rings. The van der Waals surface area contributed by atoms with E-state index in [-0.39, 0.29) is 20.6 Å². The van der Waals surface area contributed by atoms with E-state index in [1.807, 2.05) is 24.3 Å². The summed E-state index contributed by atoms with van der Waals surface area (Å²) in [5.41, 5.74) is 0.238. The number of nitrogens with zero attached hydrogens (tertiary/aromatic N) is 1. The lowest BCUT2D eigenvalue weighted by Gasteiger charge is -2.24. The first-order valence-corrected chi connectivity index (χ1v) is 10.6. The predicted octanol–water partition coefficient (Wildman–Crippen LogP) is 4.52. The van der Waals surface area contributed by atoms with Crippen LogP contribution in [0.15, 0.2) is 59.5 Å². The summed E-state index contributed by atoms with van der Waals surface area (Å²) in [6.45, 7) is -0.537. The first-order valence-electron chi connectivity index (χ1n) is 8.38. The van der Waals surface area contributed by atoms with Gasteiger partial charge in [0.15, 0.2) is 0 Å². The minimum absolute atomic E-state index is 0.147. The van der Waals surface area contributed by atoms with E-state index in [0.29, 0.717) is 5.75 Å². The predicted molar refractivity (Wildman–Crippen MR) is 114 cm³/mol. The molecule has 6 nitrogen and oxygen atoms in total. The van der Waals surface area contributed by atoms with Crippen molar-refractivity contribution in [1.29, 1.82) is 0 Å². The van der Waals surface area contributed by atoms with Gasteiger partial charge in [-0.1, -0.05) is 47.5 Å². The molecule has 0 aromatic heterocycles. The summed E-state index contributed by atoms with van der Waals surface area (Å²) in [6.07, 6.45) is 0. The fourth-order valence-electron chi connectivity index (χ4n) is 2.87. The van der Waals surface area contributed by atoms with Crippen molar-refractivity contribution in [3.05, 3.63) is 64.6 Å². The number of fused-ring (bicyclic) bond motifs is 1. The Labute approximate surface area is 178 Å². The van der Waals surface area contributed by atoms with Crippen LogP contribution in [-0.2, 0) is 19.6 Å². The van der Waals surface area contributed by atoms with Crippen molar-refractivity contribution in [3.63, 3.8) is 0 Å². The first-order chi connectivity index (χ1) is 13.8. The lowest BCUT2D eigenvalue weighted by molar-refractivity contribution is -0.138. The van der Waals surface area contributed by atoms with Crippen LogP contribution >= 0.6 is 23.2 Å². The maximum atomic E-state index is 13.4. The smallest absolute Gasteiger partial charge is 0.326 e. The van der Waals surface area contributed by atoms with Crippen molar-refractivity contribution >= 4 is 55.7 Å². The van der Waals surface area contributed by atoms with Crippen molar-refractivity contribution in [1.82, 2.24) is 0 Å². The Bertz CT molecular complexity index is 1160. The molecule has 3 aromatic carbocycles. The fourth-order valence-corrected chi connectivity index (χ4v) is 4.99. The summed E-state index contributed by atoms with van der Waals surface area (Å²) < 4.78 is 37.8. The van der Waals surface area contributed by atoms with E-state index in [9.17, 15) is 13.2 Å². The second-order valence-electron chi connectivity index (χ2n) is 6.06. The highest BCUT2D eigenvalue weighted by molar-refractivity contribution is 7.92. The zero-order valence-electron chi connectivity index (χ0n) is 15.6. The van der Waals surface area contributed by atoms with E-state index in [2.05, 4.69) is 0 Å². The van der Waals surface area contributed by atoms with Crippen LogP contribution in [0.25, 0.3) is 10.8 Å². The summed E-state index contributed by atoms with van der Waals surface area (Å²) in [5, 5.41) is 1.87. The SMILES string of the molecule is COC(=O)CN(c1cc(OC)c2ccccc2c1)S(=O)(=O)c1cc(Cl)cc(Cl)c1. The molecule has 0 amide bonds. The number of ether oxygens (including phenoxy) is 2. The van der Waals surface area contributed by atoms with Gasteiger partial charge < -0.3 is 9.47 Å². The average molecular weight is 454 g/mol. The van der Waals surface area contributed by atoms with Crippen molar-refractivity contribution in [3.8, 4) is 5.75 Å². The number of sulfonamides is 1. The molecule has 0 bridgehead atoms. The van der Waals surface area contributed by atoms with Gasteiger partial charge in [-0.15, -0.1) is 0 Å². The highest BCUT2D eigenvalue weighted by atomic mass is 35.5. The van der Waals surface area contributed by atoms with Gasteiger partial charge in [-0.25, -0.2) is 8.42 Å². The van der Waals surface area contributed by atoms with E-state index in [1.165, 1.54) is 32.4 Å². The number of esters is 1. The highest BCUT2D eigenvalue weighted by Crippen LogP contribution is 2.35. The van der Waals surface area contributed by atoms with Gasteiger partial charge in [0.1, 0.15) is 12.3 Å². The van der Waals surface area contributed by atoms with Crippen molar-refractivity contribution in [2.75, 3.05) is 25.1 Å². The van der Waals surface area contributed by atoms with Crippen molar-refractivity contribution in [2.45, 2.75) is 4.90 Å².